The highest BCUT2D eigenvalue weighted by Crippen LogP contribution is 2.34. The van der Waals surface area contributed by atoms with Crippen molar-refractivity contribution >= 4 is 5.96 Å². The number of unbranched alkanes of at least 4 members (excludes halogenated alkanes) is 2. The second-order valence-electron chi connectivity index (χ2n) is 4.74. The Hall–Kier alpha value is -0.730. The quantitative estimate of drug-likeness (QED) is 0.397. The molecule has 1 aliphatic carbocycles. The van der Waals surface area contributed by atoms with E-state index in [1.54, 1.807) is 0 Å². The lowest BCUT2D eigenvalue weighted by molar-refractivity contribution is 0.646. The maximum Gasteiger partial charge on any atom is 0.191 e. The summed E-state index contributed by atoms with van der Waals surface area (Å²) in [6.45, 7) is 5.53. The maximum absolute atomic E-state index is 4.25. The molecule has 0 aromatic heterocycles. The Balaban J connectivity index is 2.09. The summed E-state index contributed by atoms with van der Waals surface area (Å²) >= 11 is 0. The summed E-state index contributed by atoms with van der Waals surface area (Å²) in [4.78, 5) is 4.25. The molecule has 0 amide bonds. The second kappa shape index (κ2) is 7.53. The fourth-order valence-corrected chi connectivity index (χ4v) is 2.07. The fourth-order valence-electron chi connectivity index (χ4n) is 2.07. The smallest absolute Gasteiger partial charge is 0.191 e. The molecule has 0 spiro atoms. The Labute approximate surface area is 100 Å². The molecule has 0 heterocycles. The van der Waals surface area contributed by atoms with Gasteiger partial charge in [0.25, 0.3) is 0 Å². The summed E-state index contributed by atoms with van der Waals surface area (Å²) < 4.78 is 0. The van der Waals surface area contributed by atoms with Crippen LogP contribution in [0.15, 0.2) is 4.99 Å². The van der Waals surface area contributed by atoms with Crippen molar-refractivity contribution in [1.82, 2.24) is 10.6 Å². The van der Waals surface area contributed by atoms with Crippen molar-refractivity contribution in [3.8, 4) is 0 Å². The lowest BCUT2D eigenvalue weighted by Gasteiger charge is -2.11. The average molecular weight is 225 g/mol. The molecule has 0 radical (unpaired) electrons. The molecular weight excluding hydrogens is 198 g/mol. The van der Waals surface area contributed by atoms with Crippen molar-refractivity contribution in [2.75, 3.05) is 13.6 Å². The molecule has 0 aromatic carbocycles. The highest BCUT2D eigenvalue weighted by molar-refractivity contribution is 5.80. The minimum absolute atomic E-state index is 0.678. The molecule has 0 aliphatic heterocycles. The zero-order valence-corrected chi connectivity index (χ0v) is 11.1. The van der Waals surface area contributed by atoms with E-state index in [1.807, 2.05) is 7.05 Å². The van der Waals surface area contributed by atoms with Gasteiger partial charge in [0.2, 0.25) is 0 Å². The second-order valence-corrected chi connectivity index (χ2v) is 4.74. The van der Waals surface area contributed by atoms with Crippen LogP contribution in [0, 0.1) is 5.92 Å². The highest BCUT2D eigenvalue weighted by atomic mass is 15.2. The van der Waals surface area contributed by atoms with Crippen molar-refractivity contribution in [2.24, 2.45) is 10.9 Å². The molecule has 0 bridgehead atoms. The lowest BCUT2D eigenvalue weighted by atomic mass is 10.2. The monoisotopic (exact) mass is 225 g/mol. The molecule has 1 fully saturated rings. The molecule has 16 heavy (non-hydrogen) atoms. The van der Waals surface area contributed by atoms with Crippen LogP contribution < -0.4 is 10.6 Å². The number of guanidine groups is 1. The first-order valence-corrected chi connectivity index (χ1v) is 6.79. The van der Waals surface area contributed by atoms with Gasteiger partial charge in [-0.2, -0.15) is 0 Å². The molecule has 3 nitrogen and oxygen atoms in total. The molecule has 2 atom stereocenters. The van der Waals surface area contributed by atoms with E-state index in [4.69, 9.17) is 0 Å². The zero-order chi connectivity index (χ0) is 11.8. The van der Waals surface area contributed by atoms with E-state index in [9.17, 15) is 0 Å². The molecule has 0 aromatic rings. The van der Waals surface area contributed by atoms with E-state index in [1.165, 1.54) is 38.5 Å². The van der Waals surface area contributed by atoms with Gasteiger partial charge in [-0.3, -0.25) is 4.99 Å². The van der Waals surface area contributed by atoms with Gasteiger partial charge in [-0.1, -0.05) is 33.1 Å². The summed E-state index contributed by atoms with van der Waals surface area (Å²) in [5.74, 6) is 1.87. The summed E-state index contributed by atoms with van der Waals surface area (Å²) in [6.07, 6.45) is 7.78. The number of hydrogen-bond acceptors (Lipinski definition) is 1. The van der Waals surface area contributed by atoms with Gasteiger partial charge in [-0.15, -0.1) is 0 Å². The lowest BCUT2D eigenvalue weighted by Crippen LogP contribution is -2.39. The highest BCUT2D eigenvalue weighted by Gasteiger charge is 2.36. The van der Waals surface area contributed by atoms with Crippen LogP contribution >= 0.6 is 0 Å². The van der Waals surface area contributed by atoms with Crippen molar-refractivity contribution in [1.29, 1.82) is 0 Å². The largest absolute Gasteiger partial charge is 0.356 e. The topological polar surface area (TPSA) is 36.4 Å². The predicted octanol–water partition coefficient (Wildman–Crippen LogP) is 2.53. The molecule has 2 unspecified atom stereocenters. The minimum Gasteiger partial charge on any atom is -0.356 e. The van der Waals surface area contributed by atoms with Crippen LogP contribution in [0.4, 0.5) is 0 Å². The maximum atomic E-state index is 4.25. The predicted molar refractivity (Wildman–Crippen MR) is 70.8 cm³/mol. The summed E-state index contributed by atoms with van der Waals surface area (Å²) in [6, 6.07) is 0.678. The Morgan fingerprint density at radius 2 is 2.06 bits per heavy atom. The standard InChI is InChI=1S/C13H27N3/c1-4-6-7-9-15-13(14-3)16-12-10-11(12)8-5-2/h11-12H,4-10H2,1-3H3,(H2,14,15,16). The number of rotatable bonds is 7. The van der Waals surface area contributed by atoms with Crippen LogP contribution in [0.25, 0.3) is 0 Å². The van der Waals surface area contributed by atoms with Gasteiger partial charge in [0.15, 0.2) is 5.96 Å². The number of aliphatic imine (C=N–C) groups is 1. The Bertz CT molecular complexity index is 213. The van der Waals surface area contributed by atoms with Gasteiger partial charge in [-0.05, 0) is 25.2 Å². The third kappa shape index (κ3) is 4.86. The Morgan fingerprint density at radius 1 is 1.25 bits per heavy atom. The van der Waals surface area contributed by atoms with E-state index >= 15 is 0 Å². The van der Waals surface area contributed by atoms with Crippen LogP contribution in [-0.2, 0) is 0 Å². The Morgan fingerprint density at radius 3 is 2.69 bits per heavy atom. The molecule has 94 valence electrons. The molecule has 1 aliphatic rings. The molecule has 2 N–H and O–H groups in total. The SMILES string of the molecule is CCCCCNC(=NC)NC1CC1CCC. The van der Waals surface area contributed by atoms with Gasteiger partial charge in [0.05, 0.1) is 0 Å². The van der Waals surface area contributed by atoms with Gasteiger partial charge in [0, 0.05) is 19.6 Å². The van der Waals surface area contributed by atoms with Crippen LogP contribution in [0.3, 0.4) is 0 Å². The normalized spacial score (nSPS) is 24.3. The van der Waals surface area contributed by atoms with E-state index in [2.05, 4.69) is 29.5 Å². The molecule has 0 saturated heterocycles. The first kappa shape index (κ1) is 13.3. The van der Waals surface area contributed by atoms with Crippen molar-refractivity contribution in [3.63, 3.8) is 0 Å². The van der Waals surface area contributed by atoms with Gasteiger partial charge < -0.3 is 10.6 Å². The van der Waals surface area contributed by atoms with E-state index in [0.29, 0.717) is 6.04 Å². The van der Waals surface area contributed by atoms with Crippen LogP contribution in [0.1, 0.15) is 52.4 Å². The minimum atomic E-state index is 0.678. The molecule has 1 rings (SSSR count). The Kier molecular flexibility index (Phi) is 6.27. The number of hydrogen-bond donors (Lipinski definition) is 2. The molecule has 3 heteroatoms. The van der Waals surface area contributed by atoms with E-state index < -0.39 is 0 Å². The zero-order valence-electron chi connectivity index (χ0n) is 11.1. The molecular formula is C13H27N3. The van der Waals surface area contributed by atoms with Gasteiger partial charge >= 0.3 is 0 Å². The summed E-state index contributed by atoms with van der Waals surface area (Å²) in [7, 11) is 1.85. The van der Waals surface area contributed by atoms with Crippen LogP contribution in [-0.4, -0.2) is 25.6 Å². The number of nitrogens with zero attached hydrogens (tertiary/aromatic N) is 1. The van der Waals surface area contributed by atoms with Crippen molar-refractivity contribution in [3.05, 3.63) is 0 Å². The summed E-state index contributed by atoms with van der Waals surface area (Å²) in [5, 5.41) is 6.87. The first-order chi connectivity index (χ1) is 7.81. The number of nitrogens with one attached hydrogen (secondary N) is 2. The third-order valence-electron chi connectivity index (χ3n) is 3.20. The van der Waals surface area contributed by atoms with Crippen molar-refractivity contribution in [2.45, 2.75) is 58.4 Å². The third-order valence-corrected chi connectivity index (χ3v) is 3.20. The summed E-state index contributed by atoms with van der Waals surface area (Å²) in [5.41, 5.74) is 0. The fraction of sp³-hybridized carbons (Fsp3) is 0.923. The van der Waals surface area contributed by atoms with Gasteiger partial charge in [0.1, 0.15) is 0 Å². The van der Waals surface area contributed by atoms with Gasteiger partial charge in [-0.25, -0.2) is 0 Å². The van der Waals surface area contributed by atoms with E-state index in [0.717, 1.165) is 18.4 Å². The van der Waals surface area contributed by atoms with Crippen LogP contribution in [0.2, 0.25) is 0 Å². The first-order valence-electron chi connectivity index (χ1n) is 6.79. The average Bonchev–Trinajstić information content (AvgIpc) is 3.01. The van der Waals surface area contributed by atoms with Crippen LogP contribution in [0.5, 0.6) is 0 Å². The van der Waals surface area contributed by atoms with E-state index in [-0.39, 0.29) is 0 Å². The van der Waals surface area contributed by atoms with Crippen molar-refractivity contribution < 1.29 is 0 Å². The molecule has 1 saturated carbocycles.